The van der Waals surface area contributed by atoms with Crippen molar-refractivity contribution < 1.29 is 9.53 Å². The van der Waals surface area contributed by atoms with Crippen LogP contribution in [-0.2, 0) is 9.53 Å². The van der Waals surface area contributed by atoms with Gasteiger partial charge < -0.3 is 15.8 Å². The summed E-state index contributed by atoms with van der Waals surface area (Å²) in [5.41, 5.74) is 5.18. The molecular formula is C13H26N2O2S. The summed E-state index contributed by atoms with van der Waals surface area (Å²) >= 11 is 1.78. The maximum Gasteiger partial charge on any atom is 0.240 e. The first-order chi connectivity index (χ1) is 8.40. The molecule has 0 aliphatic heterocycles. The first-order valence-electron chi connectivity index (χ1n) is 6.58. The van der Waals surface area contributed by atoms with Gasteiger partial charge >= 0.3 is 0 Å². The molecule has 1 fully saturated rings. The Hall–Kier alpha value is -0.260. The van der Waals surface area contributed by atoms with Crippen LogP contribution in [0.25, 0.3) is 0 Å². The van der Waals surface area contributed by atoms with Crippen LogP contribution in [0.5, 0.6) is 0 Å². The van der Waals surface area contributed by atoms with Crippen molar-refractivity contribution in [3.8, 4) is 0 Å². The molecule has 4 nitrogen and oxygen atoms in total. The van der Waals surface area contributed by atoms with Gasteiger partial charge in [-0.05, 0) is 25.4 Å². The molecule has 1 amide bonds. The van der Waals surface area contributed by atoms with E-state index in [1.54, 1.807) is 11.8 Å². The van der Waals surface area contributed by atoms with Gasteiger partial charge in [0, 0.05) is 25.0 Å². The molecule has 0 heterocycles. The summed E-state index contributed by atoms with van der Waals surface area (Å²) in [5.74, 6) is 1.02. The minimum atomic E-state index is -0.786. The first-order valence-corrected chi connectivity index (χ1v) is 7.97. The molecule has 0 saturated heterocycles. The molecule has 0 aromatic heterocycles. The Labute approximate surface area is 114 Å². The van der Waals surface area contributed by atoms with Crippen LogP contribution in [0.2, 0.25) is 0 Å². The number of amides is 1. The number of thioether (sulfide) groups is 1. The molecule has 3 N–H and O–H groups in total. The van der Waals surface area contributed by atoms with E-state index >= 15 is 0 Å². The lowest BCUT2D eigenvalue weighted by atomic mass is 9.54. The topological polar surface area (TPSA) is 64.3 Å². The zero-order chi connectivity index (χ0) is 13.8. The lowest BCUT2D eigenvalue weighted by Gasteiger charge is -2.57. The average Bonchev–Trinajstić information content (AvgIpc) is 2.33. The monoisotopic (exact) mass is 274 g/mol. The maximum atomic E-state index is 12.2. The van der Waals surface area contributed by atoms with Crippen molar-refractivity contribution in [2.45, 2.75) is 45.3 Å². The molecule has 1 saturated carbocycles. The molecule has 2 unspecified atom stereocenters. The largest absolute Gasteiger partial charge is 0.378 e. The van der Waals surface area contributed by atoms with Crippen LogP contribution in [0, 0.1) is 5.41 Å². The van der Waals surface area contributed by atoms with Crippen LogP contribution in [0.4, 0.5) is 0 Å². The summed E-state index contributed by atoms with van der Waals surface area (Å²) in [6, 6.07) is 0. The Kier molecular flexibility index (Phi) is 5.49. The number of hydrogen-bond acceptors (Lipinski definition) is 4. The van der Waals surface area contributed by atoms with Crippen LogP contribution in [-0.4, -0.2) is 42.7 Å². The van der Waals surface area contributed by atoms with E-state index in [4.69, 9.17) is 10.5 Å². The van der Waals surface area contributed by atoms with Gasteiger partial charge in [-0.1, -0.05) is 13.8 Å². The summed E-state index contributed by atoms with van der Waals surface area (Å²) in [6.45, 7) is 7.36. The van der Waals surface area contributed by atoms with Crippen LogP contribution in [0.15, 0.2) is 0 Å². The van der Waals surface area contributed by atoms with Gasteiger partial charge in [0.05, 0.1) is 6.10 Å². The van der Waals surface area contributed by atoms with Crippen molar-refractivity contribution in [1.29, 1.82) is 0 Å². The smallest absolute Gasteiger partial charge is 0.240 e. The highest BCUT2D eigenvalue weighted by molar-refractivity contribution is 7.98. The Morgan fingerprint density at radius 1 is 1.56 bits per heavy atom. The first kappa shape index (κ1) is 15.8. The maximum absolute atomic E-state index is 12.2. The van der Waals surface area contributed by atoms with Gasteiger partial charge in [-0.3, -0.25) is 4.79 Å². The Bertz CT molecular complexity index is 297. The molecule has 1 aliphatic rings. The van der Waals surface area contributed by atoms with Crippen LogP contribution in [0.3, 0.4) is 0 Å². The molecule has 0 radical (unpaired) electrons. The molecule has 18 heavy (non-hydrogen) atoms. The molecule has 1 rings (SSSR count). The number of nitrogens with two attached hydrogens (primary N) is 1. The van der Waals surface area contributed by atoms with E-state index in [1.807, 2.05) is 20.8 Å². The zero-order valence-corrected chi connectivity index (χ0v) is 12.7. The predicted octanol–water partition coefficient (Wildman–Crippen LogP) is 1.39. The van der Waals surface area contributed by atoms with Crippen molar-refractivity contribution >= 4 is 17.7 Å². The Morgan fingerprint density at radius 3 is 2.72 bits per heavy atom. The highest BCUT2D eigenvalue weighted by Crippen LogP contribution is 2.49. The van der Waals surface area contributed by atoms with Gasteiger partial charge in [0.1, 0.15) is 5.54 Å². The predicted molar refractivity (Wildman–Crippen MR) is 76.7 cm³/mol. The number of hydrogen-bond donors (Lipinski definition) is 2. The lowest BCUT2D eigenvalue weighted by molar-refractivity contribution is -0.170. The van der Waals surface area contributed by atoms with Gasteiger partial charge in [0.15, 0.2) is 0 Å². The minimum Gasteiger partial charge on any atom is -0.378 e. The Morgan fingerprint density at radius 2 is 2.22 bits per heavy atom. The zero-order valence-electron chi connectivity index (χ0n) is 11.9. The van der Waals surface area contributed by atoms with E-state index in [9.17, 15) is 4.79 Å². The second-order valence-corrected chi connectivity index (χ2v) is 6.43. The van der Waals surface area contributed by atoms with Crippen molar-refractivity contribution in [3.63, 3.8) is 0 Å². The van der Waals surface area contributed by atoms with E-state index < -0.39 is 5.54 Å². The van der Waals surface area contributed by atoms with Gasteiger partial charge in [0.2, 0.25) is 5.91 Å². The molecule has 106 valence electrons. The summed E-state index contributed by atoms with van der Waals surface area (Å²) in [7, 11) is 0. The molecule has 0 spiro atoms. The SMILES string of the molecule is CCOC1CC(N)(C(=O)NCCCSC)C1(C)C. The lowest BCUT2D eigenvalue weighted by Crippen LogP contribution is -2.75. The van der Waals surface area contributed by atoms with Gasteiger partial charge in [0.25, 0.3) is 0 Å². The van der Waals surface area contributed by atoms with Gasteiger partial charge in [-0.15, -0.1) is 0 Å². The van der Waals surface area contributed by atoms with Crippen molar-refractivity contribution in [3.05, 3.63) is 0 Å². The van der Waals surface area contributed by atoms with Crippen LogP contribution < -0.4 is 11.1 Å². The standard InChI is InChI=1S/C13H26N2O2S/c1-5-17-10-9-13(14,12(10,2)3)11(16)15-7-6-8-18-4/h10H,5-9,14H2,1-4H3,(H,15,16). The van der Waals surface area contributed by atoms with Crippen molar-refractivity contribution in [2.24, 2.45) is 11.1 Å². The molecule has 0 bridgehead atoms. The fourth-order valence-electron chi connectivity index (χ4n) is 2.40. The van der Waals surface area contributed by atoms with E-state index in [2.05, 4.69) is 11.6 Å². The second kappa shape index (κ2) is 6.26. The third-order valence-corrected chi connectivity index (χ3v) is 4.74. The van der Waals surface area contributed by atoms with Gasteiger partial charge in [-0.25, -0.2) is 0 Å². The number of carbonyl (C=O) groups excluding carboxylic acids is 1. The third kappa shape index (κ3) is 2.83. The normalized spacial score (nSPS) is 29.7. The molecule has 2 atom stereocenters. The number of ether oxygens (including phenoxy) is 1. The van der Waals surface area contributed by atoms with E-state index in [1.165, 1.54) is 0 Å². The minimum absolute atomic E-state index is 0.0374. The molecule has 1 aliphatic carbocycles. The fraction of sp³-hybridized carbons (Fsp3) is 0.923. The fourth-order valence-corrected chi connectivity index (χ4v) is 2.83. The summed E-state index contributed by atoms with van der Waals surface area (Å²) in [4.78, 5) is 12.2. The van der Waals surface area contributed by atoms with Crippen molar-refractivity contribution in [1.82, 2.24) is 5.32 Å². The summed E-state index contributed by atoms with van der Waals surface area (Å²) < 4.78 is 5.62. The average molecular weight is 274 g/mol. The van der Waals surface area contributed by atoms with Gasteiger partial charge in [-0.2, -0.15) is 11.8 Å². The second-order valence-electron chi connectivity index (χ2n) is 5.44. The number of nitrogens with one attached hydrogen (secondary N) is 1. The number of rotatable bonds is 7. The van der Waals surface area contributed by atoms with E-state index in [-0.39, 0.29) is 17.4 Å². The highest BCUT2D eigenvalue weighted by Gasteiger charge is 2.62. The third-order valence-electron chi connectivity index (χ3n) is 4.05. The van der Waals surface area contributed by atoms with E-state index in [0.717, 1.165) is 12.2 Å². The highest BCUT2D eigenvalue weighted by atomic mass is 32.2. The number of carbonyl (C=O) groups is 1. The molecule has 0 aromatic rings. The molecule has 0 aromatic carbocycles. The van der Waals surface area contributed by atoms with E-state index in [0.29, 0.717) is 19.6 Å². The molecule has 5 heteroatoms. The summed E-state index contributed by atoms with van der Waals surface area (Å²) in [5, 5.41) is 2.95. The summed E-state index contributed by atoms with van der Waals surface area (Å²) in [6.07, 6.45) is 3.75. The van der Waals surface area contributed by atoms with Crippen LogP contribution in [0.1, 0.15) is 33.6 Å². The Balaban J connectivity index is 2.48. The van der Waals surface area contributed by atoms with Crippen LogP contribution >= 0.6 is 11.8 Å². The quantitative estimate of drug-likeness (QED) is 0.689. The molecular weight excluding hydrogens is 248 g/mol. The van der Waals surface area contributed by atoms with Crippen molar-refractivity contribution in [2.75, 3.05) is 25.2 Å².